The third-order valence-electron chi connectivity index (χ3n) is 4.06. The number of nitrogens with one attached hydrogen (secondary N) is 1. The molecule has 0 aromatic heterocycles. The summed E-state index contributed by atoms with van der Waals surface area (Å²) in [5.74, 6) is 1.09. The van der Waals surface area contributed by atoms with Gasteiger partial charge in [-0.3, -0.25) is 0 Å². The molecule has 1 N–H and O–H groups in total. The average Bonchev–Trinajstić information content (AvgIpc) is 2.67. The molecule has 0 heterocycles. The van der Waals surface area contributed by atoms with Gasteiger partial charge in [0, 0.05) is 33.4 Å². The first-order valence-electron chi connectivity index (χ1n) is 8.49. The van der Waals surface area contributed by atoms with E-state index in [1.54, 1.807) is 43.5 Å². The number of anilines is 1. The number of halogens is 5. The van der Waals surface area contributed by atoms with Gasteiger partial charge in [0.15, 0.2) is 11.5 Å². The van der Waals surface area contributed by atoms with E-state index in [0.29, 0.717) is 49.8 Å². The van der Waals surface area contributed by atoms with E-state index in [4.69, 9.17) is 67.5 Å². The highest BCUT2D eigenvalue weighted by Crippen LogP contribution is 2.35. The molecule has 0 aliphatic rings. The van der Waals surface area contributed by atoms with Gasteiger partial charge in [0.2, 0.25) is 0 Å². The van der Waals surface area contributed by atoms with Gasteiger partial charge < -0.3 is 14.8 Å². The van der Waals surface area contributed by atoms with E-state index in [9.17, 15) is 0 Å². The number of hydrogen-bond acceptors (Lipinski definition) is 3. The quantitative estimate of drug-likeness (QED) is 0.362. The Bertz CT molecular complexity index is 1010. The molecular weight excluding hydrogens is 476 g/mol. The second-order valence-corrected chi connectivity index (χ2v) is 8.24. The first-order valence-corrected chi connectivity index (χ1v) is 10.4. The maximum absolute atomic E-state index is 6.45. The molecule has 0 amide bonds. The molecule has 3 nitrogen and oxygen atoms in total. The molecule has 0 unspecified atom stereocenters. The van der Waals surface area contributed by atoms with E-state index in [0.717, 1.165) is 16.8 Å². The number of ether oxygens (including phenoxy) is 2. The van der Waals surface area contributed by atoms with Crippen molar-refractivity contribution < 1.29 is 9.47 Å². The normalized spacial score (nSPS) is 10.7. The standard InChI is InChI=1S/C21H16Cl5NO2/c1-28-20-5-13(10-27-16-7-14(22)6-15(23)8-16)18(25)9-21(20)29-11-12-2-3-17(24)19(26)4-12/h2-9,27H,10-11H2,1H3. The van der Waals surface area contributed by atoms with Crippen molar-refractivity contribution in [2.45, 2.75) is 13.2 Å². The Balaban J connectivity index is 1.73. The molecule has 0 atom stereocenters. The lowest BCUT2D eigenvalue weighted by Gasteiger charge is -2.15. The van der Waals surface area contributed by atoms with Crippen LogP contribution in [0.2, 0.25) is 25.1 Å². The Hall–Kier alpha value is -1.49. The molecule has 0 fully saturated rings. The molecule has 0 aliphatic carbocycles. The minimum atomic E-state index is 0.294. The van der Waals surface area contributed by atoms with Crippen LogP contribution >= 0.6 is 58.0 Å². The third kappa shape index (κ3) is 6.00. The molecule has 0 radical (unpaired) electrons. The summed E-state index contributed by atoms with van der Waals surface area (Å²) in [4.78, 5) is 0. The summed E-state index contributed by atoms with van der Waals surface area (Å²) in [6, 6.07) is 14.1. The molecule has 0 saturated carbocycles. The molecule has 3 aromatic carbocycles. The van der Waals surface area contributed by atoms with Gasteiger partial charge in [-0.2, -0.15) is 0 Å². The highest BCUT2D eigenvalue weighted by Gasteiger charge is 2.12. The van der Waals surface area contributed by atoms with Gasteiger partial charge in [0.1, 0.15) is 6.61 Å². The molecule has 8 heteroatoms. The van der Waals surface area contributed by atoms with E-state index in [1.165, 1.54) is 0 Å². The van der Waals surface area contributed by atoms with Crippen molar-refractivity contribution in [3.63, 3.8) is 0 Å². The van der Waals surface area contributed by atoms with Gasteiger partial charge in [0.05, 0.1) is 17.2 Å². The molecule has 0 bridgehead atoms. The fraction of sp³-hybridized carbons (Fsp3) is 0.143. The minimum Gasteiger partial charge on any atom is -0.493 e. The van der Waals surface area contributed by atoms with Crippen LogP contribution in [0, 0.1) is 0 Å². The maximum atomic E-state index is 6.45. The molecule has 3 rings (SSSR count). The second kappa shape index (κ2) is 10.0. The van der Waals surface area contributed by atoms with Crippen molar-refractivity contribution in [3.8, 4) is 11.5 Å². The number of hydrogen-bond donors (Lipinski definition) is 1. The van der Waals surface area contributed by atoms with Gasteiger partial charge in [-0.25, -0.2) is 0 Å². The third-order valence-corrected chi connectivity index (χ3v) is 5.58. The number of benzene rings is 3. The monoisotopic (exact) mass is 489 g/mol. The van der Waals surface area contributed by atoms with E-state index in [1.807, 2.05) is 12.1 Å². The minimum absolute atomic E-state index is 0.294. The van der Waals surface area contributed by atoms with Crippen molar-refractivity contribution in [2.75, 3.05) is 12.4 Å². The Labute approximate surface area is 194 Å². The summed E-state index contributed by atoms with van der Waals surface area (Å²) in [7, 11) is 1.57. The molecule has 0 spiro atoms. The van der Waals surface area contributed by atoms with Crippen molar-refractivity contribution in [1.29, 1.82) is 0 Å². The zero-order valence-electron chi connectivity index (χ0n) is 15.2. The Morgan fingerprint density at radius 3 is 2.14 bits per heavy atom. The van der Waals surface area contributed by atoms with E-state index < -0.39 is 0 Å². The fourth-order valence-electron chi connectivity index (χ4n) is 2.63. The maximum Gasteiger partial charge on any atom is 0.163 e. The van der Waals surface area contributed by atoms with E-state index >= 15 is 0 Å². The predicted octanol–water partition coefficient (Wildman–Crippen LogP) is 8.15. The summed E-state index contributed by atoms with van der Waals surface area (Å²) < 4.78 is 11.3. The lowest BCUT2D eigenvalue weighted by molar-refractivity contribution is 0.284. The lowest BCUT2D eigenvalue weighted by Crippen LogP contribution is -2.03. The smallest absolute Gasteiger partial charge is 0.163 e. The summed E-state index contributed by atoms with van der Waals surface area (Å²) in [6.45, 7) is 0.751. The van der Waals surface area contributed by atoms with Crippen LogP contribution in [-0.2, 0) is 13.2 Å². The zero-order valence-corrected chi connectivity index (χ0v) is 19.0. The average molecular weight is 492 g/mol. The summed E-state index contributed by atoms with van der Waals surface area (Å²) in [5.41, 5.74) is 2.50. The number of rotatable bonds is 7. The molecule has 0 saturated heterocycles. The zero-order chi connectivity index (χ0) is 21.0. The van der Waals surface area contributed by atoms with Crippen molar-refractivity contribution >= 4 is 63.7 Å². The molecule has 152 valence electrons. The molecule has 3 aromatic rings. The Morgan fingerprint density at radius 1 is 0.759 bits per heavy atom. The van der Waals surface area contributed by atoms with Crippen LogP contribution in [0.25, 0.3) is 0 Å². The van der Waals surface area contributed by atoms with Crippen LogP contribution in [0.5, 0.6) is 11.5 Å². The Morgan fingerprint density at radius 2 is 1.48 bits per heavy atom. The summed E-state index contributed by atoms with van der Waals surface area (Å²) in [5, 5.41) is 5.85. The molecular formula is C21H16Cl5NO2. The van der Waals surface area contributed by atoms with E-state index in [2.05, 4.69) is 5.32 Å². The highest BCUT2D eigenvalue weighted by atomic mass is 35.5. The van der Waals surface area contributed by atoms with Gasteiger partial charge in [-0.1, -0.05) is 64.1 Å². The Kier molecular flexibility index (Phi) is 7.66. The summed E-state index contributed by atoms with van der Waals surface area (Å²) in [6.07, 6.45) is 0. The van der Waals surface area contributed by atoms with Crippen molar-refractivity contribution in [2.24, 2.45) is 0 Å². The summed E-state index contributed by atoms with van der Waals surface area (Å²) >= 11 is 30.5. The topological polar surface area (TPSA) is 30.5 Å². The van der Waals surface area contributed by atoms with Gasteiger partial charge in [-0.05, 0) is 47.5 Å². The molecule has 0 aliphatic heterocycles. The SMILES string of the molecule is COc1cc(CNc2cc(Cl)cc(Cl)c2)c(Cl)cc1OCc1ccc(Cl)c(Cl)c1. The van der Waals surface area contributed by atoms with Crippen LogP contribution in [0.1, 0.15) is 11.1 Å². The van der Waals surface area contributed by atoms with Crippen LogP contribution in [0.15, 0.2) is 48.5 Å². The second-order valence-electron chi connectivity index (χ2n) is 6.14. The first-order chi connectivity index (χ1) is 13.9. The predicted molar refractivity (Wildman–Crippen MR) is 123 cm³/mol. The highest BCUT2D eigenvalue weighted by molar-refractivity contribution is 6.42. The van der Waals surface area contributed by atoms with Gasteiger partial charge in [-0.15, -0.1) is 0 Å². The number of methoxy groups -OCH3 is 1. The van der Waals surface area contributed by atoms with Crippen LogP contribution in [0.4, 0.5) is 5.69 Å². The fourth-order valence-corrected chi connectivity index (χ4v) is 3.70. The van der Waals surface area contributed by atoms with Crippen LogP contribution < -0.4 is 14.8 Å². The van der Waals surface area contributed by atoms with Gasteiger partial charge in [0.25, 0.3) is 0 Å². The van der Waals surface area contributed by atoms with Crippen LogP contribution in [0.3, 0.4) is 0 Å². The van der Waals surface area contributed by atoms with E-state index in [-0.39, 0.29) is 0 Å². The lowest BCUT2D eigenvalue weighted by atomic mass is 10.2. The van der Waals surface area contributed by atoms with Crippen molar-refractivity contribution in [3.05, 3.63) is 84.8 Å². The van der Waals surface area contributed by atoms with Gasteiger partial charge >= 0.3 is 0 Å². The van der Waals surface area contributed by atoms with Crippen molar-refractivity contribution in [1.82, 2.24) is 0 Å². The van der Waals surface area contributed by atoms with Crippen LogP contribution in [-0.4, -0.2) is 7.11 Å². The first kappa shape index (κ1) is 22.2. The largest absolute Gasteiger partial charge is 0.493 e. The molecule has 29 heavy (non-hydrogen) atoms.